The highest BCUT2D eigenvalue weighted by atomic mass is 16.5. The molecule has 0 bridgehead atoms. The first-order valence-electron chi connectivity index (χ1n) is 8.38. The van der Waals surface area contributed by atoms with Gasteiger partial charge in [-0.15, -0.1) is 0 Å². The minimum Gasteiger partial charge on any atom is -0.497 e. The van der Waals surface area contributed by atoms with Gasteiger partial charge < -0.3 is 14.8 Å². The Labute approximate surface area is 143 Å². The summed E-state index contributed by atoms with van der Waals surface area (Å²) >= 11 is 0. The van der Waals surface area contributed by atoms with Crippen molar-refractivity contribution in [2.45, 2.75) is 25.4 Å². The Morgan fingerprint density at radius 3 is 2.50 bits per heavy atom. The Bertz CT molecular complexity index is 640. The number of piperidine rings is 1. The molecule has 2 aromatic rings. The van der Waals surface area contributed by atoms with Gasteiger partial charge in [0.25, 0.3) is 0 Å². The highest BCUT2D eigenvalue weighted by Gasteiger charge is 2.20. The van der Waals surface area contributed by atoms with Crippen molar-refractivity contribution in [3.8, 4) is 11.5 Å². The van der Waals surface area contributed by atoms with E-state index in [1.54, 1.807) is 14.2 Å². The van der Waals surface area contributed by atoms with Crippen molar-refractivity contribution in [2.24, 2.45) is 0 Å². The van der Waals surface area contributed by atoms with E-state index in [9.17, 15) is 0 Å². The fourth-order valence-corrected chi connectivity index (χ4v) is 3.12. The molecular formula is C19H25N3O2. The maximum atomic E-state index is 5.47. The van der Waals surface area contributed by atoms with Crippen molar-refractivity contribution in [1.82, 2.24) is 9.88 Å². The molecule has 24 heavy (non-hydrogen) atoms. The molecule has 0 radical (unpaired) electrons. The standard InChI is InChI=1S/C19H25N3O2/c1-23-17-3-4-18(19(13-17)24-2)21-16-7-11-22(12-8-16)14-15-5-9-20-10-6-15/h3-6,9-10,13,16,21H,7-8,11-12,14H2,1-2H3. The number of anilines is 1. The minimum absolute atomic E-state index is 0.473. The lowest BCUT2D eigenvalue weighted by molar-refractivity contribution is 0.211. The molecule has 5 heteroatoms. The first kappa shape index (κ1) is 16.6. The Balaban J connectivity index is 1.54. The molecule has 1 aliphatic heterocycles. The van der Waals surface area contributed by atoms with E-state index in [-0.39, 0.29) is 0 Å². The normalized spacial score (nSPS) is 15.9. The van der Waals surface area contributed by atoms with Gasteiger partial charge in [0.15, 0.2) is 0 Å². The predicted octanol–water partition coefficient (Wildman–Crippen LogP) is 3.18. The lowest BCUT2D eigenvalue weighted by Crippen LogP contribution is -2.38. The molecule has 0 atom stereocenters. The molecule has 1 aliphatic rings. The second-order valence-corrected chi connectivity index (χ2v) is 6.12. The van der Waals surface area contributed by atoms with E-state index in [0.717, 1.165) is 49.7 Å². The molecular weight excluding hydrogens is 302 g/mol. The van der Waals surface area contributed by atoms with Crippen LogP contribution in [0.25, 0.3) is 0 Å². The molecule has 3 rings (SSSR count). The highest BCUT2D eigenvalue weighted by Crippen LogP contribution is 2.30. The van der Waals surface area contributed by atoms with Crippen LogP contribution in [0.5, 0.6) is 11.5 Å². The highest BCUT2D eigenvalue weighted by molar-refractivity contribution is 5.59. The third kappa shape index (κ3) is 4.17. The van der Waals surface area contributed by atoms with Crippen LogP contribution in [0.15, 0.2) is 42.7 Å². The number of rotatable bonds is 6. The molecule has 128 valence electrons. The topological polar surface area (TPSA) is 46.6 Å². The number of hydrogen-bond donors (Lipinski definition) is 1. The smallest absolute Gasteiger partial charge is 0.145 e. The van der Waals surface area contributed by atoms with Crippen molar-refractivity contribution in [3.05, 3.63) is 48.3 Å². The van der Waals surface area contributed by atoms with E-state index in [0.29, 0.717) is 6.04 Å². The number of methoxy groups -OCH3 is 2. The number of pyridine rings is 1. The maximum Gasteiger partial charge on any atom is 0.145 e. The molecule has 0 spiro atoms. The van der Waals surface area contributed by atoms with Crippen LogP contribution >= 0.6 is 0 Å². The zero-order chi connectivity index (χ0) is 16.8. The number of likely N-dealkylation sites (tertiary alicyclic amines) is 1. The molecule has 0 unspecified atom stereocenters. The summed E-state index contributed by atoms with van der Waals surface area (Å²) in [5, 5.41) is 3.62. The van der Waals surface area contributed by atoms with E-state index >= 15 is 0 Å². The third-order valence-electron chi connectivity index (χ3n) is 4.51. The van der Waals surface area contributed by atoms with Gasteiger partial charge in [0.05, 0.1) is 19.9 Å². The Morgan fingerprint density at radius 1 is 1.08 bits per heavy atom. The van der Waals surface area contributed by atoms with Gasteiger partial charge in [-0.1, -0.05) is 0 Å². The van der Waals surface area contributed by atoms with Gasteiger partial charge in [0, 0.05) is 44.1 Å². The van der Waals surface area contributed by atoms with Crippen LogP contribution in [0.1, 0.15) is 18.4 Å². The van der Waals surface area contributed by atoms with Gasteiger partial charge in [-0.05, 0) is 42.7 Å². The first-order chi connectivity index (χ1) is 11.8. The van der Waals surface area contributed by atoms with E-state index in [1.165, 1.54) is 5.56 Å². The number of ether oxygens (including phenoxy) is 2. The van der Waals surface area contributed by atoms with Crippen LogP contribution in [0.3, 0.4) is 0 Å². The van der Waals surface area contributed by atoms with Crippen LogP contribution in [0, 0.1) is 0 Å². The summed E-state index contributed by atoms with van der Waals surface area (Å²) in [4.78, 5) is 6.58. The molecule has 0 aliphatic carbocycles. The second kappa shape index (κ2) is 8.02. The summed E-state index contributed by atoms with van der Waals surface area (Å²) in [7, 11) is 3.36. The fraction of sp³-hybridized carbons (Fsp3) is 0.421. The average molecular weight is 327 g/mol. The van der Waals surface area contributed by atoms with Crippen LogP contribution in [-0.2, 0) is 6.54 Å². The third-order valence-corrected chi connectivity index (χ3v) is 4.51. The van der Waals surface area contributed by atoms with Gasteiger partial charge in [-0.2, -0.15) is 0 Å². The summed E-state index contributed by atoms with van der Waals surface area (Å²) in [5.41, 5.74) is 2.36. The van der Waals surface area contributed by atoms with Crippen molar-refractivity contribution in [3.63, 3.8) is 0 Å². The lowest BCUT2D eigenvalue weighted by atomic mass is 10.0. The summed E-state index contributed by atoms with van der Waals surface area (Å²) in [6.45, 7) is 3.19. The largest absolute Gasteiger partial charge is 0.497 e. The molecule has 1 saturated heterocycles. The molecule has 1 aromatic carbocycles. The molecule has 2 heterocycles. The predicted molar refractivity (Wildman–Crippen MR) is 95.7 cm³/mol. The zero-order valence-corrected chi connectivity index (χ0v) is 14.4. The van der Waals surface area contributed by atoms with E-state index in [1.807, 2.05) is 30.6 Å². The summed E-state index contributed by atoms with van der Waals surface area (Å²) in [6.07, 6.45) is 5.97. The van der Waals surface area contributed by atoms with E-state index in [4.69, 9.17) is 9.47 Å². The van der Waals surface area contributed by atoms with Gasteiger partial charge in [0.2, 0.25) is 0 Å². The Morgan fingerprint density at radius 2 is 1.83 bits per heavy atom. The molecule has 1 aromatic heterocycles. The van der Waals surface area contributed by atoms with Crippen LogP contribution in [0.2, 0.25) is 0 Å². The summed E-state index contributed by atoms with van der Waals surface area (Å²) in [6, 6.07) is 10.6. The van der Waals surface area contributed by atoms with E-state index in [2.05, 4.69) is 27.3 Å². The first-order valence-corrected chi connectivity index (χ1v) is 8.38. The van der Waals surface area contributed by atoms with Crippen molar-refractivity contribution in [2.75, 3.05) is 32.6 Å². The number of hydrogen-bond acceptors (Lipinski definition) is 5. The van der Waals surface area contributed by atoms with Crippen molar-refractivity contribution >= 4 is 5.69 Å². The SMILES string of the molecule is COc1ccc(NC2CCN(Cc3ccncc3)CC2)c(OC)c1. The lowest BCUT2D eigenvalue weighted by Gasteiger charge is -2.33. The Hall–Kier alpha value is -2.27. The van der Waals surface area contributed by atoms with Gasteiger partial charge in [-0.3, -0.25) is 9.88 Å². The van der Waals surface area contributed by atoms with Gasteiger partial charge in [-0.25, -0.2) is 0 Å². The molecule has 0 amide bonds. The minimum atomic E-state index is 0.473. The van der Waals surface area contributed by atoms with Gasteiger partial charge in [0.1, 0.15) is 11.5 Å². The quantitative estimate of drug-likeness (QED) is 0.883. The fourth-order valence-electron chi connectivity index (χ4n) is 3.12. The van der Waals surface area contributed by atoms with Crippen molar-refractivity contribution < 1.29 is 9.47 Å². The number of benzene rings is 1. The van der Waals surface area contributed by atoms with E-state index < -0.39 is 0 Å². The zero-order valence-electron chi connectivity index (χ0n) is 14.4. The summed E-state index contributed by atoms with van der Waals surface area (Å²) in [5.74, 6) is 1.64. The molecule has 5 nitrogen and oxygen atoms in total. The summed E-state index contributed by atoms with van der Waals surface area (Å²) < 4.78 is 10.7. The van der Waals surface area contributed by atoms with Crippen LogP contribution in [-0.4, -0.2) is 43.2 Å². The molecule has 1 fully saturated rings. The average Bonchev–Trinajstić information content (AvgIpc) is 2.64. The van der Waals surface area contributed by atoms with Gasteiger partial charge >= 0.3 is 0 Å². The maximum absolute atomic E-state index is 5.47. The number of aromatic nitrogens is 1. The molecule has 0 saturated carbocycles. The number of nitrogens with one attached hydrogen (secondary N) is 1. The van der Waals surface area contributed by atoms with Crippen LogP contribution < -0.4 is 14.8 Å². The number of nitrogens with zero attached hydrogens (tertiary/aromatic N) is 2. The van der Waals surface area contributed by atoms with Crippen LogP contribution in [0.4, 0.5) is 5.69 Å². The molecule has 1 N–H and O–H groups in total. The second-order valence-electron chi connectivity index (χ2n) is 6.12. The Kier molecular flexibility index (Phi) is 5.54. The van der Waals surface area contributed by atoms with Crippen molar-refractivity contribution in [1.29, 1.82) is 0 Å². The monoisotopic (exact) mass is 327 g/mol.